The van der Waals surface area contributed by atoms with Crippen LogP contribution < -0.4 is 15.5 Å². The molecule has 1 aliphatic heterocycles. The number of thiazole rings is 1. The number of guanidine groups is 1. The van der Waals surface area contributed by atoms with E-state index in [2.05, 4.69) is 67.3 Å². The third-order valence-electron chi connectivity index (χ3n) is 4.12. The summed E-state index contributed by atoms with van der Waals surface area (Å²) in [7, 11) is 1.80. The summed E-state index contributed by atoms with van der Waals surface area (Å²) in [4.78, 5) is 11.1. The lowest BCUT2D eigenvalue weighted by Gasteiger charge is -2.19. The highest BCUT2D eigenvalue weighted by Gasteiger charge is 2.08. The number of aromatic nitrogens is 1. The Kier molecular flexibility index (Phi) is 8.37. The van der Waals surface area contributed by atoms with E-state index in [4.69, 9.17) is 0 Å². The van der Waals surface area contributed by atoms with Gasteiger partial charge in [-0.3, -0.25) is 4.99 Å². The number of hydrogen-bond donors (Lipinski definition) is 2. The second-order valence-electron chi connectivity index (χ2n) is 6.01. The van der Waals surface area contributed by atoms with E-state index in [0.29, 0.717) is 0 Å². The minimum Gasteiger partial charge on any atom is -0.364 e. The van der Waals surface area contributed by atoms with Crippen LogP contribution in [0, 0.1) is 6.92 Å². The van der Waals surface area contributed by atoms with Crippen molar-refractivity contribution in [2.45, 2.75) is 19.9 Å². The lowest BCUT2D eigenvalue weighted by molar-refractivity contribution is 0.785. The molecule has 7 heteroatoms. The summed E-state index contributed by atoms with van der Waals surface area (Å²) in [6.07, 6.45) is 5.32. The number of anilines is 1. The fraction of sp³-hybridized carbons (Fsp3) is 0.368. The average molecular weight is 483 g/mol. The molecule has 1 aliphatic rings. The first-order valence-electron chi connectivity index (χ1n) is 8.59. The van der Waals surface area contributed by atoms with Gasteiger partial charge in [-0.2, -0.15) is 0 Å². The van der Waals surface area contributed by atoms with Gasteiger partial charge in [0, 0.05) is 50.7 Å². The van der Waals surface area contributed by atoms with Gasteiger partial charge in [0.15, 0.2) is 5.96 Å². The van der Waals surface area contributed by atoms with E-state index in [0.717, 1.165) is 49.3 Å². The molecule has 0 unspecified atom stereocenters. The molecule has 0 radical (unpaired) electrons. The molecule has 0 spiro atoms. The fourth-order valence-corrected chi connectivity index (χ4v) is 3.44. The van der Waals surface area contributed by atoms with Gasteiger partial charge in [-0.25, -0.2) is 4.98 Å². The standard InChI is InChI=1S/C19H25N5S.HI/c1-15-23-17(14-25-15)8-9-21-19(20-2)22-13-16-6-5-7-18(12-16)24-10-3-4-11-24;/h3-7,12,14H,8-11,13H2,1-2H3,(H2,20,21,22);1H. The Hall–Kier alpha value is -1.61. The number of nitrogens with zero attached hydrogens (tertiary/aromatic N) is 3. The molecule has 0 fully saturated rings. The zero-order valence-corrected chi connectivity index (χ0v) is 18.4. The van der Waals surface area contributed by atoms with Gasteiger partial charge in [-0.15, -0.1) is 35.3 Å². The second-order valence-corrected chi connectivity index (χ2v) is 7.07. The van der Waals surface area contributed by atoms with Crippen molar-refractivity contribution in [3.05, 3.63) is 58.1 Å². The first-order chi connectivity index (χ1) is 12.2. The smallest absolute Gasteiger partial charge is 0.191 e. The number of hydrogen-bond acceptors (Lipinski definition) is 4. The highest BCUT2D eigenvalue weighted by atomic mass is 127. The summed E-state index contributed by atoms with van der Waals surface area (Å²) >= 11 is 1.70. The summed E-state index contributed by atoms with van der Waals surface area (Å²) in [5, 5.41) is 9.97. The van der Waals surface area contributed by atoms with Gasteiger partial charge in [0.2, 0.25) is 0 Å². The van der Waals surface area contributed by atoms with Crippen LogP contribution >= 0.6 is 35.3 Å². The minimum atomic E-state index is 0. The zero-order chi connectivity index (χ0) is 17.5. The van der Waals surface area contributed by atoms with Crippen molar-refractivity contribution in [3.8, 4) is 0 Å². The first-order valence-corrected chi connectivity index (χ1v) is 9.47. The first kappa shape index (κ1) is 20.7. The van der Waals surface area contributed by atoms with E-state index < -0.39 is 0 Å². The molecule has 1 aromatic heterocycles. The summed E-state index contributed by atoms with van der Waals surface area (Å²) in [5.74, 6) is 0.820. The maximum atomic E-state index is 4.48. The van der Waals surface area contributed by atoms with Crippen LogP contribution in [0.4, 0.5) is 5.69 Å². The van der Waals surface area contributed by atoms with Crippen LogP contribution in [0.3, 0.4) is 0 Å². The van der Waals surface area contributed by atoms with E-state index in [1.807, 2.05) is 6.92 Å². The van der Waals surface area contributed by atoms with Crippen molar-refractivity contribution in [2.24, 2.45) is 4.99 Å². The Morgan fingerprint density at radius 1 is 1.27 bits per heavy atom. The highest BCUT2D eigenvalue weighted by Crippen LogP contribution is 2.18. The Bertz CT molecular complexity index is 748. The SMILES string of the molecule is CN=C(NCCc1csc(C)n1)NCc1cccc(N2CC=CC2)c1.I. The Labute approximate surface area is 176 Å². The van der Waals surface area contributed by atoms with Gasteiger partial charge in [0.05, 0.1) is 10.7 Å². The summed E-state index contributed by atoms with van der Waals surface area (Å²) in [6.45, 7) is 5.60. The summed E-state index contributed by atoms with van der Waals surface area (Å²) < 4.78 is 0. The van der Waals surface area contributed by atoms with Crippen molar-refractivity contribution in [1.82, 2.24) is 15.6 Å². The third-order valence-corrected chi connectivity index (χ3v) is 4.94. The molecule has 0 amide bonds. The van der Waals surface area contributed by atoms with Crippen molar-refractivity contribution >= 4 is 47.0 Å². The van der Waals surface area contributed by atoms with Crippen LogP contribution in [-0.2, 0) is 13.0 Å². The molecule has 1 aromatic carbocycles. The van der Waals surface area contributed by atoms with E-state index in [1.165, 1.54) is 11.3 Å². The monoisotopic (exact) mass is 483 g/mol. The summed E-state index contributed by atoms with van der Waals surface area (Å²) in [6, 6.07) is 8.67. The van der Waals surface area contributed by atoms with Crippen molar-refractivity contribution in [3.63, 3.8) is 0 Å². The Morgan fingerprint density at radius 2 is 2.08 bits per heavy atom. The van der Waals surface area contributed by atoms with E-state index >= 15 is 0 Å². The Morgan fingerprint density at radius 3 is 2.77 bits per heavy atom. The van der Waals surface area contributed by atoms with Crippen molar-refractivity contribution < 1.29 is 0 Å². The lowest BCUT2D eigenvalue weighted by atomic mass is 10.2. The normalized spacial score (nSPS) is 13.6. The number of benzene rings is 1. The fourth-order valence-electron chi connectivity index (χ4n) is 2.79. The molecule has 2 heterocycles. The van der Waals surface area contributed by atoms with E-state index in [1.54, 1.807) is 18.4 Å². The topological polar surface area (TPSA) is 52.6 Å². The summed E-state index contributed by atoms with van der Waals surface area (Å²) in [5.41, 5.74) is 3.66. The average Bonchev–Trinajstić information content (AvgIpc) is 3.30. The van der Waals surface area contributed by atoms with Crippen LogP contribution in [0.1, 0.15) is 16.3 Å². The molecule has 3 rings (SSSR count). The maximum absolute atomic E-state index is 4.48. The van der Waals surface area contributed by atoms with Crippen LogP contribution in [0.2, 0.25) is 0 Å². The molecule has 140 valence electrons. The number of nitrogens with one attached hydrogen (secondary N) is 2. The number of halogens is 1. The lowest BCUT2D eigenvalue weighted by Crippen LogP contribution is -2.37. The predicted molar refractivity (Wildman–Crippen MR) is 122 cm³/mol. The molecule has 0 bridgehead atoms. The minimum absolute atomic E-state index is 0. The molecule has 0 atom stereocenters. The van der Waals surface area contributed by atoms with Gasteiger partial charge in [-0.05, 0) is 24.6 Å². The number of rotatable bonds is 6. The highest BCUT2D eigenvalue weighted by molar-refractivity contribution is 14.0. The van der Waals surface area contributed by atoms with Crippen LogP contribution in [0.5, 0.6) is 0 Å². The van der Waals surface area contributed by atoms with Crippen molar-refractivity contribution in [1.29, 1.82) is 0 Å². The molecule has 0 saturated carbocycles. The van der Waals surface area contributed by atoms with Crippen LogP contribution in [0.25, 0.3) is 0 Å². The molecule has 2 N–H and O–H groups in total. The van der Waals surface area contributed by atoms with Gasteiger partial charge in [0.1, 0.15) is 0 Å². The van der Waals surface area contributed by atoms with Crippen molar-refractivity contribution in [2.75, 3.05) is 31.6 Å². The molecule has 2 aromatic rings. The Balaban J connectivity index is 0.00000243. The van der Waals surface area contributed by atoms with Gasteiger partial charge < -0.3 is 15.5 Å². The molecule has 0 saturated heterocycles. The number of aliphatic imine (C=N–C) groups is 1. The molecular weight excluding hydrogens is 457 g/mol. The van der Waals surface area contributed by atoms with E-state index in [9.17, 15) is 0 Å². The maximum Gasteiger partial charge on any atom is 0.191 e. The van der Waals surface area contributed by atoms with Crippen LogP contribution in [0.15, 0.2) is 46.8 Å². The third kappa shape index (κ3) is 5.98. The zero-order valence-electron chi connectivity index (χ0n) is 15.2. The van der Waals surface area contributed by atoms with Gasteiger partial charge in [-0.1, -0.05) is 24.3 Å². The van der Waals surface area contributed by atoms with Gasteiger partial charge >= 0.3 is 0 Å². The molecule has 0 aliphatic carbocycles. The molecular formula is C19H26IN5S. The quantitative estimate of drug-likeness (QED) is 0.287. The predicted octanol–water partition coefficient (Wildman–Crippen LogP) is 3.35. The largest absolute Gasteiger partial charge is 0.364 e. The van der Waals surface area contributed by atoms with Gasteiger partial charge in [0.25, 0.3) is 0 Å². The number of aryl methyl sites for hydroxylation is 1. The molecule has 5 nitrogen and oxygen atoms in total. The molecule has 26 heavy (non-hydrogen) atoms. The van der Waals surface area contributed by atoms with E-state index in [-0.39, 0.29) is 24.0 Å². The second kappa shape index (κ2) is 10.5. The van der Waals surface area contributed by atoms with Crippen LogP contribution in [-0.4, -0.2) is 37.6 Å².